The van der Waals surface area contributed by atoms with Gasteiger partial charge in [0.2, 0.25) is 0 Å². The van der Waals surface area contributed by atoms with Crippen LogP contribution in [0.3, 0.4) is 0 Å². The first-order valence-electron chi connectivity index (χ1n) is 11.1. The highest BCUT2D eigenvalue weighted by Crippen LogP contribution is 2.60. The summed E-state index contributed by atoms with van der Waals surface area (Å²) in [7, 11) is 1.00. The molecule has 5 rings (SSSR count). The number of aromatic carboxylic acids is 1. The van der Waals surface area contributed by atoms with Gasteiger partial charge in [-0.3, -0.25) is 0 Å². The molecule has 2 saturated carbocycles. The number of rotatable bonds is 1. The SMILES string of the molecule is CO.C[C@]12CC[C@@H]3c4ccc(O)cc4CC[C@H]3[C@@H]1CC[C@@H]2O.O=C(O)c1ccccc1. The first kappa shape index (κ1) is 23.3. The molecule has 0 heterocycles. The Morgan fingerprint density at radius 3 is 2.35 bits per heavy atom. The predicted molar refractivity (Wildman–Crippen MR) is 120 cm³/mol. The molecule has 2 aromatic carbocycles. The van der Waals surface area contributed by atoms with E-state index in [4.69, 9.17) is 10.2 Å². The van der Waals surface area contributed by atoms with Gasteiger partial charge in [-0.1, -0.05) is 31.2 Å². The van der Waals surface area contributed by atoms with Crippen molar-refractivity contribution in [3.8, 4) is 5.75 Å². The number of aliphatic hydroxyl groups is 2. The number of fused-ring (bicyclic) bond motifs is 5. The highest BCUT2D eigenvalue weighted by atomic mass is 16.4. The Morgan fingerprint density at radius 2 is 1.71 bits per heavy atom. The molecule has 0 bridgehead atoms. The largest absolute Gasteiger partial charge is 0.508 e. The van der Waals surface area contributed by atoms with Gasteiger partial charge in [-0.2, -0.15) is 0 Å². The van der Waals surface area contributed by atoms with E-state index in [1.54, 1.807) is 30.3 Å². The molecule has 4 N–H and O–H groups in total. The maximum absolute atomic E-state index is 10.4. The summed E-state index contributed by atoms with van der Waals surface area (Å²) < 4.78 is 0. The van der Waals surface area contributed by atoms with Crippen LogP contribution in [0.5, 0.6) is 5.75 Å². The topological polar surface area (TPSA) is 98.0 Å². The third kappa shape index (κ3) is 4.63. The van der Waals surface area contributed by atoms with Gasteiger partial charge in [0.1, 0.15) is 5.75 Å². The highest BCUT2D eigenvalue weighted by molar-refractivity contribution is 5.87. The van der Waals surface area contributed by atoms with Crippen molar-refractivity contribution >= 4 is 5.97 Å². The molecule has 0 saturated heterocycles. The average Bonchev–Trinajstić information content (AvgIpc) is 3.10. The van der Waals surface area contributed by atoms with Crippen LogP contribution in [-0.4, -0.2) is 39.6 Å². The minimum absolute atomic E-state index is 0.0883. The molecule has 2 aromatic rings. The smallest absolute Gasteiger partial charge is 0.335 e. The molecule has 5 heteroatoms. The summed E-state index contributed by atoms with van der Waals surface area (Å²) in [4.78, 5) is 10.2. The number of benzene rings is 2. The number of aliphatic hydroxyl groups excluding tert-OH is 2. The van der Waals surface area contributed by atoms with Crippen LogP contribution in [0, 0.1) is 17.3 Å². The summed E-state index contributed by atoms with van der Waals surface area (Å²) >= 11 is 0. The second kappa shape index (κ2) is 9.84. The van der Waals surface area contributed by atoms with Gasteiger partial charge in [-0.15, -0.1) is 0 Å². The van der Waals surface area contributed by atoms with Gasteiger partial charge in [0.15, 0.2) is 0 Å². The number of phenols is 1. The van der Waals surface area contributed by atoms with Crippen LogP contribution in [-0.2, 0) is 6.42 Å². The molecule has 0 radical (unpaired) electrons. The second-order valence-electron chi connectivity index (χ2n) is 9.11. The molecule has 168 valence electrons. The zero-order valence-corrected chi connectivity index (χ0v) is 18.4. The van der Waals surface area contributed by atoms with E-state index in [9.17, 15) is 15.0 Å². The molecule has 3 aliphatic rings. The molecular formula is C26H34O5. The minimum atomic E-state index is -0.879. The number of hydrogen-bond donors (Lipinski definition) is 4. The summed E-state index contributed by atoms with van der Waals surface area (Å²) in [5.41, 5.74) is 3.32. The van der Waals surface area contributed by atoms with Gasteiger partial charge in [0.25, 0.3) is 0 Å². The quantitative estimate of drug-likeness (QED) is 0.534. The fourth-order valence-electron chi connectivity index (χ4n) is 6.12. The summed E-state index contributed by atoms with van der Waals surface area (Å²) in [6.45, 7) is 2.32. The number of aryl methyl sites for hydroxylation is 1. The Balaban J connectivity index is 0.000000209. The van der Waals surface area contributed by atoms with Gasteiger partial charge in [0.05, 0.1) is 11.7 Å². The van der Waals surface area contributed by atoms with Crippen molar-refractivity contribution < 1.29 is 25.2 Å². The fourth-order valence-corrected chi connectivity index (χ4v) is 6.12. The van der Waals surface area contributed by atoms with E-state index in [0.717, 1.165) is 32.3 Å². The van der Waals surface area contributed by atoms with Crippen LogP contribution in [0.2, 0.25) is 0 Å². The van der Waals surface area contributed by atoms with Gasteiger partial charge >= 0.3 is 5.97 Å². The summed E-state index contributed by atoms with van der Waals surface area (Å²) in [6.07, 6.45) is 6.78. The lowest BCUT2D eigenvalue weighted by molar-refractivity contribution is -0.0226. The number of hydrogen-bond acceptors (Lipinski definition) is 4. The Kier molecular flexibility index (Phi) is 7.39. The number of carbonyl (C=O) groups is 1. The van der Waals surface area contributed by atoms with Crippen molar-refractivity contribution in [2.24, 2.45) is 17.3 Å². The van der Waals surface area contributed by atoms with Crippen LogP contribution in [0.1, 0.15) is 66.4 Å². The first-order valence-corrected chi connectivity index (χ1v) is 11.1. The van der Waals surface area contributed by atoms with Crippen LogP contribution < -0.4 is 0 Å². The van der Waals surface area contributed by atoms with Gasteiger partial charge < -0.3 is 20.4 Å². The maximum atomic E-state index is 10.4. The van der Waals surface area contributed by atoms with E-state index in [2.05, 4.69) is 13.0 Å². The van der Waals surface area contributed by atoms with Gasteiger partial charge in [0, 0.05) is 7.11 Å². The van der Waals surface area contributed by atoms with Crippen LogP contribution in [0.25, 0.3) is 0 Å². The summed E-state index contributed by atoms with van der Waals surface area (Å²) in [5.74, 6) is 1.61. The van der Waals surface area contributed by atoms with Crippen molar-refractivity contribution in [2.75, 3.05) is 7.11 Å². The molecule has 0 unspecified atom stereocenters. The standard InChI is InChI=1S/C18H24O2.C7H6O2.CH4O/c1-18-9-8-14-13-5-3-12(19)10-11(13)2-4-15(14)16(18)6-7-17(18)20;8-7(9)6-4-2-1-3-5-6;1-2/h3,5,10,14-17,19-20H,2,4,6-9H2,1H3;1-5H,(H,8,9);2H,1H3/t14-,15-,16+,17+,18+;;/m1../s1. The Hall–Kier alpha value is -2.37. The van der Waals surface area contributed by atoms with E-state index in [-0.39, 0.29) is 11.5 Å². The lowest BCUT2D eigenvalue weighted by atomic mass is 9.55. The molecular weight excluding hydrogens is 392 g/mol. The average molecular weight is 427 g/mol. The number of phenolic OH excluding ortho intramolecular Hbond substituents is 1. The molecule has 5 atom stereocenters. The zero-order chi connectivity index (χ0) is 22.6. The normalized spacial score (nSPS) is 30.3. The van der Waals surface area contributed by atoms with Crippen LogP contribution >= 0.6 is 0 Å². The molecule has 31 heavy (non-hydrogen) atoms. The molecule has 5 nitrogen and oxygen atoms in total. The van der Waals surface area contributed by atoms with Gasteiger partial charge in [-0.05, 0) is 97.1 Å². The Labute approximate surface area is 184 Å². The predicted octanol–water partition coefficient (Wildman–Crippen LogP) is 4.60. The van der Waals surface area contributed by atoms with Crippen LogP contribution in [0.15, 0.2) is 48.5 Å². The van der Waals surface area contributed by atoms with Crippen molar-refractivity contribution in [3.05, 3.63) is 65.2 Å². The van der Waals surface area contributed by atoms with E-state index >= 15 is 0 Å². The van der Waals surface area contributed by atoms with Crippen molar-refractivity contribution in [1.29, 1.82) is 0 Å². The third-order valence-corrected chi connectivity index (χ3v) is 7.68. The lowest BCUT2D eigenvalue weighted by Gasteiger charge is -2.50. The van der Waals surface area contributed by atoms with E-state index in [0.29, 0.717) is 23.1 Å². The van der Waals surface area contributed by atoms with E-state index in [1.807, 2.05) is 12.1 Å². The zero-order valence-electron chi connectivity index (χ0n) is 18.4. The Bertz CT molecular complexity index is 881. The number of carboxylic acids is 1. The van der Waals surface area contributed by atoms with E-state index < -0.39 is 5.97 Å². The minimum Gasteiger partial charge on any atom is -0.508 e. The molecule has 0 aliphatic heterocycles. The fraction of sp³-hybridized carbons (Fsp3) is 0.500. The van der Waals surface area contributed by atoms with Crippen molar-refractivity contribution in [2.45, 2.75) is 57.5 Å². The third-order valence-electron chi connectivity index (χ3n) is 7.68. The first-order chi connectivity index (χ1) is 14.9. The molecule has 0 aromatic heterocycles. The molecule has 0 spiro atoms. The number of carboxylic acid groups (broad SMARTS) is 1. The maximum Gasteiger partial charge on any atom is 0.335 e. The molecule has 2 fully saturated rings. The monoisotopic (exact) mass is 426 g/mol. The van der Waals surface area contributed by atoms with Crippen LogP contribution in [0.4, 0.5) is 0 Å². The molecule has 0 amide bonds. The second-order valence-corrected chi connectivity index (χ2v) is 9.11. The summed E-state index contributed by atoms with van der Waals surface area (Å²) in [6, 6.07) is 14.3. The Morgan fingerprint density at radius 1 is 1.00 bits per heavy atom. The van der Waals surface area contributed by atoms with Gasteiger partial charge in [-0.25, -0.2) is 4.79 Å². The number of aromatic hydroxyl groups is 1. The highest BCUT2D eigenvalue weighted by Gasteiger charge is 2.54. The van der Waals surface area contributed by atoms with E-state index in [1.165, 1.54) is 30.4 Å². The van der Waals surface area contributed by atoms with Crippen molar-refractivity contribution in [3.63, 3.8) is 0 Å². The molecule has 3 aliphatic carbocycles. The lowest BCUT2D eigenvalue weighted by Crippen LogP contribution is -2.43. The summed E-state index contributed by atoms with van der Waals surface area (Å²) in [5, 5.41) is 35.4. The van der Waals surface area contributed by atoms with Crippen molar-refractivity contribution in [1.82, 2.24) is 0 Å².